The molecule has 120 valence electrons. The standard InChI is InChI=1S/C14H21N5O3/c1-4-21-11-9-10(17-13(15)18-11)19(7-16-9)12-8(2)5-14(3,6-20)22-12/h7-8,12,20H,4-6H2,1-3H3,(H2,15,17,18)/t8-,12+,14?/m0/s1. The maximum Gasteiger partial charge on any atom is 0.247 e. The van der Waals surface area contributed by atoms with Crippen LogP contribution in [0, 0.1) is 5.92 Å². The quantitative estimate of drug-likeness (QED) is 0.871. The molecule has 22 heavy (non-hydrogen) atoms. The second-order valence-electron chi connectivity index (χ2n) is 5.94. The fourth-order valence-corrected chi connectivity index (χ4v) is 3.00. The Hall–Kier alpha value is -1.93. The first kappa shape index (κ1) is 15.0. The van der Waals surface area contributed by atoms with E-state index in [2.05, 4.69) is 21.9 Å². The van der Waals surface area contributed by atoms with Crippen LogP contribution in [0.15, 0.2) is 6.33 Å². The van der Waals surface area contributed by atoms with Crippen molar-refractivity contribution < 1.29 is 14.6 Å². The van der Waals surface area contributed by atoms with Gasteiger partial charge in [0.2, 0.25) is 11.8 Å². The molecule has 2 aromatic heterocycles. The Morgan fingerprint density at radius 1 is 1.55 bits per heavy atom. The zero-order valence-electron chi connectivity index (χ0n) is 13.0. The Morgan fingerprint density at radius 2 is 2.32 bits per heavy atom. The molecular weight excluding hydrogens is 286 g/mol. The lowest BCUT2D eigenvalue weighted by Crippen LogP contribution is -2.28. The van der Waals surface area contributed by atoms with Gasteiger partial charge in [0, 0.05) is 5.92 Å². The van der Waals surface area contributed by atoms with Crippen molar-refractivity contribution in [1.29, 1.82) is 0 Å². The van der Waals surface area contributed by atoms with Gasteiger partial charge in [-0.3, -0.25) is 4.57 Å². The molecule has 1 fully saturated rings. The number of ether oxygens (including phenoxy) is 2. The number of imidazole rings is 1. The minimum Gasteiger partial charge on any atom is -0.476 e. The molecule has 1 aliphatic rings. The van der Waals surface area contributed by atoms with E-state index in [1.54, 1.807) is 6.33 Å². The fourth-order valence-electron chi connectivity index (χ4n) is 3.00. The highest BCUT2D eigenvalue weighted by Crippen LogP contribution is 2.41. The van der Waals surface area contributed by atoms with Crippen LogP contribution >= 0.6 is 0 Å². The van der Waals surface area contributed by atoms with Gasteiger partial charge >= 0.3 is 0 Å². The molecule has 0 amide bonds. The Labute approximate surface area is 128 Å². The molecular formula is C14H21N5O3. The molecule has 1 saturated heterocycles. The van der Waals surface area contributed by atoms with E-state index in [-0.39, 0.29) is 24.7 Å². The average Bonchev–Trinajstić information content (AvgIpc) is 3.00. The Balaban J connectivity index is 2.05. The SMILES string of the molecule is CCOc1nc(N)nc2c1ncn2[C@@H]1OC(C)(CO)C[C@@H]1C. The van der Waals surface area contributed by atoms with E-state index in [1.165, 1.54) is 0 Å². The molecule has 1 aliphatic heterocycles. The number of nitrogen functional groups attached to an aromatic ring is 1. The van der Waals surface area contributed by atoms with Crippen molar-refractivity contribution in [1.82, 2.24) is 19.5 Å². The van der Waals surface area contributed by atoms with E-state index in [9.17, 15) is 5.11 Å². The number of aliphatic hydroxyl groups excluding tert-OH is 1. The van der Waals surface area contributed by atoms with E-state index < -0.39 is 5.60 Å². The van der Waals surface area contributed by atoms with Crippen LogP contribution in [0.1, 0.15) is 33.4 Å². The third kappa shape index (κ3) is 2.38. The second-order valence-corrected chi connectivity index (χ2v) is 5.94. The molecule has 2 aromatic rings. The summed E-state index contributed by atoms with van der Waals surface area (Å²) in [5.74, 6) is 0.717. The number of aliphatic hydroxyl groups is 1. The van der Waals surface area contributed by atoms with Crippen molar-refractivity contribution in [3.8, 4) is 5.88 Å². The summed E-state index contributed by atoms with van der Waals surface area (Å²) in [5.41, 5.74) is 6.36. The molecule has 1 unspecified atom stereocenters. The molecule has 0 aromatic carbocycles. The average molecular weight is 307 g/mol. The Kier molecular flexibility index (Phi) is 3.65. The van der Waals surface area contributed by atoms with Gasteiger partial charge in [-0.1, -0.05) is 6.92 Å². The number of fused-ring (bicyclic) bond motifs is 1. The van der Waals surface area contributed by atoms with Gasteiger partial charge in [0.25, 0.3) is 0 Å². The van der Waals surface area contributed by atoms with Crippen molar-refractivity contribution in [2.45, 2.75) is 39.0 Å². The molecule has 3 rings (SSSR count). The van der Waals surface area contributed by atoms with Crippen molar-refractivity contribution in [2.75, 3.05) is 18.9 Å². The molecule has 3 N–H and O–H groups in total. The normalized spacial score (nSPS) is 28.4. The van der Waals surface area contributed by atoms with Gasteiger partial charge in [0.1, 0.15) is 6.23 Å². The number of aromatic nitrogens is 4. The number of rotatable bonds is 4. The van der Waals surface area contributed by atoms with Crippen LogP contribution in [-0.2, 0) is 4.74 Å². The van der Waals surface area contributed by atoms with Crippen LogP contribution in [0.2, 0.25) is 0 Å². The second kappa shape index (κ2) is 5.36. The summed E-state index contributed by atoms with van der Waals surface area (Å²) in [5, 5.41) is 9.51. The molecule has 0 radical (unpaired) electrons. The first-order chi connectivity index (χ1) is 10.5. The summed E-state index contributed by atoms with van der Waals surface area (Å²) in [6.45, 7) is 6.29. The third-order valence-electron chi connectivity index (χ3n) is 3.94. The number of nitrogens with zero attached hydrogens (tertiary/aromatic N) is 4. The number of hydrogen-bond acceptors (Lipinski definition) is 7. The highest BCUT2D eigenvalue weighted by atomic mass is 16.5. The summed E-state index contributed by atoms with van der Waals surface area (Å²) in [7, 11) is 0. The summed E-state index contributed by atoms with van der Waals surface area (Å²) in [6, 6.07) is 0. The van der Waals surface area contributed by atoms with Crippen molar-refractivity contribution in [2.24, 2.45) is 5.92 Å². The van der Waals surface area contributed by atoms with E-state index in [0.717, 1.165) is 6.42 Å². The lowest BCUT2D eigenvalue weighted by Gasteiger charge is -2.22. The first-order valence-corrected chi connectivity index (χ1v) is 7.39. The highest BCUT2D eigenvalue weighted by molar-refractivity contribution is 5.77. The third-order valence-corrected chi connectivity index (χ3v) is 3.94. The lowest BCUT2D eigenvalue weighted by molar-refractivity contribution is -0.0898. The summed E-state index contributed by atoms with van der Waals surface area (Å²) in [4.78, 5) is 12.7. The predicted molar refractivity (Wildman–Crippen MR) is 80.3 cm³/mol. The number of anilines is 1. The molecule has 8 heteroatoms. The zero-order valence-corrected chi connectivity index (χ0v) is 13.0. The minimum absolute atomic E-state index is 0.0260. The maximum absolute atomic E-state index is 9.51. The van der Waals surface area contributed by atoms with Crippen LogP contribution < -0.4 is 10.5 Å². The minimum atomic E-state index is -0.554. The van der Waals surface area contributed by atoms with Gasteiger partial charge in [-0.25, -0.2) is 4.98 Å². The van der Waals surface area contributed by atoms with Crippen LogP contribution in [0.25, 0.3) is 11.2 Å². The fraction of sp³-hybridized carbons (Fsp3) is 0.643. The van der Waals surface area contributed by atoms with Gasteiger partial charge in [-0.05, 0) is 20.3 Å². The zero-order chi connectivity index (χ0) is 15.9. The van der Waals surface area contributed by atoms with Crippen molar-refractivity contribution in [3.63, 3.8) is 0 Å². The maximum atomic E-state index is 9.51. The Morgan fingerprint density at radius 3 is 2.95 bits per heavy atom. The Bertz CT molecular complexity index is 688. The van der Waals surface area contributed by atoms with E-state index >= 15 is 0 Å². The van der Waals surface area contributed by atoms with Crippen LogP contribution in [0.4, 0.5) is 5.95 Å². The molecule has 8 nitrogen and oxygen atoms in total. The molecule has 0 aliphatic carbocycles. The van der Waals surface area contributed by atoms with Crippen LogP contribution in [0.5, 0.6) is 5.88 Å². The molecule has 3 atom stereocenters. The molecule has 0 saturated carbocycles. The monoisotopic (exact) mass is 307 g/mol. The summed E-state index contributed by atoms with van der Waals surface area (Å²) < 4.78 is 13.3. The van der Waals surface area contributed by atoms with Gasteiger partial charge < -0.3 is 20.3 Å². The molecule has 0 bridgehead atoms. The number of nitrogens with two attached hydrogens (primary N) is 1. The van der Waals surface area contributed by atoms with Gasteiger partial charge in [-0.2, -0.15) is 9.97 Å². The van der Waals surface area contributed by atoms with Gasteiger partial charge in [0.15, 0.2) is 11.2 Å². The van der Waals surface area contributed by atoms with E-state index in [4.69, 9.17) is 15.2 Å². The van der Waals surface area contributed by atoms with Crippen molar-refractivity contribution in [3.05, 3.63) is 6.33 Å². The van der Waals surface area contributed by atoms with Gasteiger partial charge in [-0.15, -0.1) is 0 Å². The lowest BCUT2D eigenvalue weighted by atomic mass is 9.97. The summed E-state index contributed by atoms with van der Waals surface area (Å²) in [6.07, 6.45) is 2.16. The predicted octanol–water partition coefficient (Wildman–Crippen LogP) is 1.11. The van der Waals surface area contributed by atoms with E-state index in [0.29, 0.717) is 23.7 Å². The van der Waals surface area contributed by atoms with Crippen LogP contribution in [0.3, 0.4) is 0 Å². The largest absolute Gasteiger partial charge is 0.476 e. The summed E-state index contributed by atoms with van der Waals surface area (Å²) >= 11 is 0. The van der Waals surface area contributed by atoms with E-state index in [1.807, 2.05) is 18.4 Å². The number of hydrogen-bond donors (Lipinski definition) is 2. The van der Waals surface area contributed by atoms with Gasteiger partial charge in [0.05, 0.1) is 25.1 Å². The topological polar surface area (TPSA) is 108 Å². The first-order valence-electron chi connectivity index (χ1n) is 7.39. The highest BCUT2D eigenvalue weighted by Gasteiger charge is 2.42. The van der Waals surface area contributed by atoms with Crippen LogP contribution in [-0.4, -0.2) is 43.4 Å². The van der Waals surface area contributed by atoms with Crippen molar-refractivity contribution >= 4 is 17.1 Å². The molecule has 0 spiro atoms. The molecule has 3 heterocycles. The smallest absolute Gasteiger partial charge is 0.247 e.